The molecule has 0 radical (unpaired) electrons. The van der Waals surface area contributed by atoms with Gasteiger partial charge in [-0.1, -0.05) is 48.5 Å². The number of ether oxygens (including phenoxy) is 2. The number of hydrogen-bond acceptors (Lipinski definition) is 6. The molecule has 39 heavy (non-hydrogen) atoms. The fourth-order valence-electron chi connectivity index (χ4n) is 4.32. The number of amides is 4. The van der Waals surface area contributed by atoms with Crippen molar-refractivity contribution < 1.29 is 28.7 Å². The van der Waals surface area contributed by atoms with Gasteiger partial charge in [-0.15, -0.1) is 0 Å². The number of carbonyl (C=O) groups is 4. The summed E-state index contributed by atoms with van der Waals surface area (Å²) in [6, 6.07) is 15.1. The van der Waals surface area contributed by atoms with Crippen LogP contribution in [0.25, 0.3) is 11.1 Å². The molecule has 5 N–H and O–H groups in total. The van der Waals surface area contributed by atoms with Gasteiger partial charge in [-0.25, -0.2) is 9.59 Å². The first-order chi connectivity index (χ1) is 18.3. The summed E-state index contributed by atoms with van der Waals surface area (Å²) in [5.41, 5.74) is 7.80. The average molecular weight is 539 g/mol. The molecule has 2 aromatic rings. The second-order valence-electron chi connectivity index (χ2n) is 11.1. The zero-order valence-corrected chi connectivity index (χ0v) is 23.1. The van der Waals surface area contributed by atoms with Gasteiger partial charge in [0.25, 0.3) is 0 Å². The normalized spacial score (nSPS) is 13.5. The molecule has 4 amide bonds. The van der Waals surface area contributed by atoms with Gasteiger partial charge in [0.05, 0.1) is 0 Å². The van der Waals surface area contributed by atoms with Gasteiger partial charge in [0.15, 0.2) is 0 Å². The minimum atomic E-state index is -1.32. The summed E-state index contributed by atoms with van der Waals surface area (Å²) in [5, 5.41) is 7.78. The van der Waals surface area contributed by atoms with Crippen LogP contribution in [0, 0.1) is 0 Å². The van der Waals surface area contributed by atoms with Crippen molar-refractivity contribution >= 4 is 24.0 Å². The summed E-state index contributed by atoms with van der Waals surface area (Å²) in [6.45, 7) is 8.44. The van der Waals surface area contributed by atoms with Crippen molar-refractivity contribution in [1.29, 1.82) is 0 Å². The van der Waals surface area contributed by atoms with Gasteiger partial charge in [0.1, 0.15) is 23.8 Å². The van der Waals surface area contributed by atoms with Crippen molar-refractivity contribution in [2.45, 2.75) is 70.6 Å². The lowest BCUT2D eigenvalue weighted by molar-refractivity contribution is -0.131. The minimum Gasteiger partial charge on any atom is -0.449 e. The molecule has 2 aromatic carbocycles. The van der Waals surface area contributed by atoms with E-state index in [0.717, 1.165) is 22.3 Å². The third-order valence-electron chi connectivity index (χ3n) is 6.34. The fraction of sp³-hybridized carbons (Fsp3) is 0.448. The van der Waals surface area contributed by atoms with E-state index in [1.54, 1.807) is 20.8 Å². The molecule has 0 spiro atoms. The third kappa shape index (κ3) is 7.95. The highest BCUT2D eigenvalue weighted by atomic mass is 16.6. The Balaban J connectivity index is 1.53. The van der Waals surface area contributed by atoms with Crippen LogP contribution >= 0.6 is 0 Å². The summed E-state index contributed by atoms with van der Waals surface area (Å²) < 4.78 is 10.8. The van der Waals surface area contributed by atoms with E-state index in [9.17, 15) is 19.2 Å². The standard InChI is InChI=1S/C29H38N4O6/c1-28(2,3)39-27(37)32-23(24(34)33-29(4,5)25(30)35)15-10-16-31-26(36)38-17-22-20-13-8-6-11-18(20)19-12-7-9-14-21(19)22/h6-9,11-14,22-23H,10,15-17H2,1-5H3,(H2,30,35)(H,31,36)(H,32,37)(H,33,34)/t23-/m0/s1. The number of primary amides is 1. The zero-order valence-electron chi connectivity index (χ0n) is 23.1. The van der Waals surface area contributed by atoms with Crippen LogP contribution in [-0.4, -0.2) is 54.3 Å². The summed E-state index contributed by atoms with van der Waals surface area (Å²) in [7, 11) is 0. The van der Waals surface area contributed by atoms with Gasteiger partial charge >= 0.3 is 12.2 Å². The molecular formula is C29H38N4O6. The summed E-state index contributed by atoms with van der Waals surface area (Å²) in [4.78, 5) is 49.2. The van der Waals surface area contributed by atoms with Gasteiger partial charge in [0, 0.05) is 12.5 Å². The lowest BCUT2D eigenvalue weighted by atomic mass is 9.98. The monoisotopic (exact) mass is 538 g/mol. The third-order valence-corrected chi connectivity index (χ3v) is 6.34. The minimum absolute atomic E-state index is 0.0529. The predicted octanol–water partition coefficient (Wildman–Crippen LogP) is 3.58. The smallest absolute Gasteiger partial charge is 0.408 e. The zero-order chi connectivity index (χ0) is 28.8. The molecule has 0 heterocycles. The van der Waals surface area contributed by atoms with Crippen LogP contribution in [-0.2, 0) is 19.1 Å². The highest BCUT2D eigenvalue weighted by Crippen LogP contribution is 2.44. The molecule has 0 bridgehead atoms. The van der Waals surface area contributed by atoms with E-state index in [1.165, 1.54) is 13.8 Å². The van der Waals surface area contributed by atoms with Crippen LogP contribution in [0.5, 0.6) is 0 Å². The van der Waals surface area contributed by atoms with E-state index < -0.39 is 41.2 Å². The number of benzene rings is 2. The molecule has 0 unspecified atom stereocenters. The van der Waals surface area contributed by atoms with E-state index in [-0.39, 0.29) is 25.5 Å². The number of alkyl carbamates (subject to hydrolysis) is 2. The molecule has 10 heteroatoms. The van der Waals surface area contributed by atoms with E-state index in [0.29, 0.717) is 6.42 Å². The number of hydrogen-bond donors (Lipinski definition) is 4. The van der Waals surface area contributed by atoms with Gasteiger partial charge in [-0.2, -0.15) is 0 Å². The maximum Gasteiger partial charge on any atom is 0.408 e. The van der Waals surface area contributed by atoms with Crippen LogP contribution in [0.2, 0.25) is 0 Å². The average Bonchev–Trinajstić information content (AvgIpc) is 3.16. The van der Waals surface area contributed by atoms with Crippen LogP contribution < -0.4 is 21.7 Å². The largest absolute Gasteiger partial charge is 0.449 e. The van der Waals surface area contributed by atoms with E-state index in [1.807, 2.05) is 36.4 Å². The molecule has 210 valence electrons. The number of carbonyl (C=O) groups excluding carboxylic acids is 4. The number of nitrogens with two attached hydrogens (primary N) is 1. The van der Waals surface area contributed by atoms with Crippen LogP contribution in [0.4, 0.5) is 9.59 Å². The molecule has 1 aliphatic carbocycles. The molecule has 1 aliphatic rings. The summed E-state index contributed by atoms with van der Waals surface area (Å²) in [5.74, 6) is -1.36. The molecule has 0 aliphatic heterocycles. The fourth-order valence-corrected chi connectivity index (χ4v) is 4.32. The van der Waals surface area contributed by atoms with Crippen LogP contribution in [0.1, 0.15) is 64.5 Å². The Morgan fingerprint density at radius 2 is 1.46 bits per heavy atom. The van der Waals surface area contributed by atoms with Crippen molar-refractivity contribution in [2.75, 3.05) is 13.2 Å². The summed E-state index contributed by atoms with van der Waals surface area (Å²) in [6.07, 6.45) is -0.838. The van der Waals surface area contributed by atoms with Gasteiger partial charge in [0.2, 0.25) is 11.8 Å². The topological polar surface area (TPSA) is 149 Å². The Labute approximate surface area is 229 Å². The Bertz CT molecular complexity index is 1170. The Morgan fingerprint density at radius 3 is 2.00 bits per heavy atom. The molecule has 0 saturated heterocycles. The molecule has 1 atom stereocenters. The van der Waals surface area contributed by atoms with Crippen molar-refractivity contribution in [3.05, 3.63) is 59.7 Å². The molecule has 10 nitrogen and oxygen atoms in total. The van der Waals surface area contributed by atoms with Crippen molar-refractivity contribution in [3.8, 4) is 11.1 Å². The van der Waals surface area contributed by atoms with Gasteiger partial charge in [-0.3, -0.25) is 9.59 Å². The van der Waals surface area contributed by atoms with Crippen LogP contribution in [0.15, 0.2) is 48.5 Å². The number of nitrogens with one attached hydrogen (secondary N) is 3. The van der Waals surface area contributed by atoms with E-state index in [2.05, 4.69) is 28.1 Å². The highest BCUT2D eigenvalue weighted by Gasteiger charge is 2.32. The Hall–Kier alpha value is -4.08. The summed E-state index contributed by atoms with van der Waals surface area (Å²) >= 11 is 0. The van der Waals surface area contributed by atoms with Crippen molar-refractivity contribution in [1.82, 2.24) is 16.0 Å². The van der Waals surface area contributed by atoms with Crippen LogP contribution in [0.3, 0.4) is 0 Å². The lowest BCUT2D eigenvalue weighted by Crippen LogP contribution is -2.58. The van der Waals surface area contributed by atoms with Gasteiger partial charge < -0.3 is 31.2 Å². The first-order valence-corrected chi connectivity index (χ1v) is 13.0. The second-order valence-corrected chi connectivity index (χ2v) is 11.1. The van der Waals surface area contributed by atoms with Gasteiger partial charge in [-0.05, 0) is 69.7 Å². The Morgan fingerprint density at radius 1 is 0.897 bits per heavy atom. The lowest BCUT2D eigenvalue weighted by Gasteiger charge is -2.27. The number of rotatable bonds is 10. The van der Waals surface area contributed by atoms with Crippen molar-refractivity contribution in [3.63, 3.8) is 0 Å². The SMILES string of the molecule is CC(C)(C)OC(=O)N[C@@H](CCCNC(=O)OCC1c2ccccc2-c2ccccc21)C(=O)NC(C)(C)C(N)=O. The molecular weight excluding hydrogens is 500 g/mol. The Kier molecular flexibility index (Phi) is 9.21. The molecule has 3 rings (SSSR count). The molecule has 0 fully saturated rings. The first-order valence-electron chi connectivity index (χ1n) is 13.0. The highest BCUT2D eigenvalue weighted by molar-refractivity contribution is 5.92. The second kappa shape index (κ2) is 12.2. The quantitative estimate of drug-likeness (QED) is 0.340. The molecule has 0 aromatic heterocycles. The number of fused-ring (bicyclic) bond motifs is 3. The first kappa shape index (κ1) is 29.5. The predicted molar refractivity (Wildman–Crippen MR) is 147 cm³/mol. The van der Waals surface area contributed by atoms with Crippen molar-refractivity contribution in [2.24, 2.45) is 5.73 Å². The van der Waals surface area contributed by atoms with E-state index in [4.69, 9.17) is 15.2 Å². The maximum absolute atomic E-state index is 12.8. The van der Waals surface area contributed by atoms with E-state index >= 15 is 0 Å². The molecule has 0 saturated carbocycles. The maximum atomic E-state index is 12.8.